The fraction of sp³-hybridized carbons (Fsp3) is 0.442. The van der Waals surface area contributed by atoms with Crippen LogP contribution in [0.3, 0.4) is 0 Å². The molecule has 2 unspecified atom stereocenters. The quantitative estimate of drug-likeness (QED) is 0.125. The number of ether oxygens (including phenoxy) is 1. The highest BCUT2D eigenvalue weighted by Crippen LogP contribution is 2.28. The van der Waals surface area contributed by atoms with Crippen molar-refractivity contribution in [3.8, 4) is 0 Å². The number of aryl methyl sites for hydroxylation is 2. The number of allylic oxidation sites excluding steroid dienone is 2. The topological polar surface area (TPSA) is 68.2 Å². The molecule has 268 valence electrons. The molecule has 1 heterocycles. The van der Waals surface area contributed by atoms with Crippen molar-refractivity contribution in [1.82, 2.24) is 15.1 Å². The molecule has 2 N–H and O–H groups in total. The fourth-order valence-corrected chi connectivity index (χ4v) is 5.27. The Morgan fingerprint density at radius 2 is 1.53 bits per heavy atom. The van der Waals surface area contributed by atoms with Crippen LogP contribution < -0.4 is 10.6 Å². The highest BCUT2D eigenvalue weighted by atomic mass is 16.5. The Morgan fingerprint density at radius 3 is 2.02 bits per heavy atom. The highest BCUT2D eigenvalue weighted by molar-refractivity contribution is 5.82. The molecule has 0 aliphatic heterocycles. The van der Waals surface area contributed by atoms with Crippen molar-refractivity contribution in [2.45, 2.75) is 107 Å². The summed E-state index contributed by atoms with van der Waals surface area (Å²) in [6.45, 7) is 37.5. The third-order valence-electron chi connectivity index (χ3n) is 7.55. The van der Waals surface area contributed by atoms with Gasteiger partial charge < -0.3 is 15.4 Å². The zero-order valence-electron chi connectivity index (χ0n) is 32.0. The molecular weight excluding hydrogens is 604 g/mol. The molecule has 3 rings (SSSR count). The third kappa shape index (κ3) is 16.1. The largest absolute Gasteiger partial charge is 0.496 e. The van der Waals surface area contributed by atoms with Crippen LogP contribution >= 0.6 is 0 Å². The summed E-state index contributed by atoms with van der Waals surface area (Å²) in [5.41, 5.74) is 6.33. The summed E-state index contributed by atoms with van der Waals surface area (Å²) in [5.74, 6) is 0.626. The van der Waals surface area contributed by atoms with Gasteiger partial charge in [0.2, 0.25) is 5.91 Å². The molecule has 2 atom stereocenters. The molecule has 1 aromatic heterocycles. The van der Waals surface area contributed by atoms with Gasteiger partial charge in [0.1, 0.15) is 11.8 Å². The summed E-state index contributed by atoms with van der Waals surface area (Å²) in [4.78, 5) is 12.9. The summed E-state index contributed by atoms with van der Waals surface area (Å²) < 4.78 is 7.67. The lowest BCUT2D eigenvalue weighted by molar-refractivity contribution is -0.129. The van der Waals surface area contributed by atoms with E-state index < -0.39 is 5.41 Å². The SMILES string of the molecule is C=C.C=C(C)CC(C)(C)C.C=C(Nc1cnn(C(C(=C)OCC)c2ccc(CC)cc2)c1)C(CCCc1ccccc1)NC(=O)C(C)(C)C. The van der Waals surface area contributed by atoms with Crippen LogP contribution in [0, 0.1) is 10.8 Å². The predicted octanol–water partition coefficient (Wildman–Crippen LogP) is 10.9. The van der Waals surface area contributed by atoms with Crippen LogP contribution in [-0.2, 0) is 22.4 Å². The number of amides is 1. The molecule has 0 fully saturated rings. The number of carbonyl (C=O) groups is 1. The summed E-state index contributed by atoms with van der Waals surface area (Å²) in [5, 5.41) is 11.2. The summed E-state index contributed by atoms with van der Waals surface area (Å²) >= 11 is 0. The number of anilines is 1. The van der Waals surface area contributed by atoms with E-state index in [0.29, 0.717) is 17.8 Å². The van der Waals surface area contributed by atoms with Crippen molar-refractivity contribution in [2.75, 3.05) is 11.9 Å². The molecule has 6 heteroatoms. The van der Waals surface area contributed by atoms with Crippen molar-refractivity contribution in [3.05, 3.63) is 134 Å². The van der Waals surface area contributed by atoms with E-state index in [0.717, 1.165) is 49.1 Å². The van der Waals surface area contributed by atoms with E-state index in [-0.39, 0.29) is 18.0 Å². The Kier molecular flexibility index (Phi) is 18.2. The molecule has 0 bridgehead atoms. The van der Waals surface area contributed by atoms with E-state index in [1.807, 2.05) is 44.6 Å². The zero-order chi connectivity index (χ0) is 37.2. The van der Waals surface area contributed by atoms with Gasteiger partial charge in [-0.15, -0.1) is 19.7 Å². The Bertz CT molecular complexity index is 1440. The summed E-state index contributed by atoms with van der Waals surface area (Å²) in [6, 6.07) is 18.4. The maximum Gasteiger partial charge on any atom is 0.225 e. The van der Waals surface area contributed by atoms with Crippen LogP contribution in [0.1, 0.15) is 104 Å². The lowest BCUT2D eigenvalue weighted by atomic mass is 9.89. The Hall–Kier alpha value is -4.32. The first kappa shape index (κ1) is 42.7. The first-order chi connectivity index (χ1) is 23.0. The molecule has 6 nitrogen and oxygen atoms in total. The van der Waals surface area contributed by atoms with Crippen LogP contribution in [0.15, 0.2) is 117 Å². The molecule has 0 radical (unpaired) electrons. The predicted molar refractivity (Wildman–Crippen MR) is 211 cm³/mol. The van der Waals surface area contributed by atoms with E-state index in [2.05, 4.69) is 132 Å². The number of nitrogens with zero attached hydrogens (tertiary/aromatic N) is 2. The summed E-state index contributed by atoms with van der Waals surface area (Å²) in [6.07, 6.45) is 8.44. The average molecular weight is 669 g/mol. The lowest BCUT2D eigenvalue weighted by Crippen LogP contribution is -2.43. The van der Waals surface area contributed by atoms with Gasteiger partial charge in [0.05, 0.1) is 24.5 Å². The van der Waals surface area contributed by atoms with Gasteiger partial charge >= 0.3 is 0 Å². The third-order valence-corrected chi connectivity index (χ3v) is 7.55. The van der Waals surface area contributed by atoms with Gasteiger partial charge in [-0.1, -0.05) is 122 Å². The lowest BCUT2D eigenvalue weighted by Gasteiger charge is -2.26. The van der Waals surface area contributed by atoms with Crippen molar-refractivity contribution in [2.24, 2.45) is 10.8 Å². The Morgan fingerprint density at radius 1 is 0.918 bits per heavy atom. The second-order valence-electron chi connectivity index (χ2n) is 14.6. The van der Waals surface area contributed by atoms with E-state index in [9.17, 15) is 4.79 Å². The van der Waals surface area contributed by atoms with Crippen molar-refractivity contribution in [3.63, 3.8) is 0 Å². The minimum atomic E-state index is -0.497. The smallest absolute Gasteiger partial charge is 0.225 e. The molecule has 0 aliphatic rings. The van der Waals surface area contributed by atoms with E-state index in [1.54, 1.807) is 6.20 Å². The van der Waals surface area contributed by atoms with E-state index in [4.69, 9.17) is 4.74 Å². The second kappa shape index (κ2) is 20.9. The van der Waals surface area contributed by atoms with Crippen LogP contribution in [0.5, 0.6) is 0 Å². The zero-order valence-corrected chi connectivity index (χ0v) is 32.0. The molecule has 49 heavy (non-hydrogen) atoms. The van der Waals surface area contributed by atoms with Gasteiger partial charge in [-0.3, -0.25) is 9.48 Å². The Balaban J connectivity index is 0.00000105. The summed E-state index contributed by atoms with van der Waals surface area (Å²) in [7, 11) is 0. The molecule has 0 saturated carbocycles. The molecule has 2 aromatic carbocycles. The number of nitrogens with one attached hydrogen (secondary N) is 2. The van der Waals surface area contributed by atoms with Crippen LogP contribution in [0.4, 0.5) is 5.69 Å². The molecule has 0 aliphatic carbocycles. The minimum Gasteiger partial charge on any atom is -0.496 e. The van der Waals surface area contributed by atoms with Gasteiger partial charge in [0, 0.05) is 17.3 Å². The maximum absolute atomic E-state index is 12.9. The number of hydrogen-bond donors (Lipinski definition) is 2. The maximum atomic E-state index is 12.9. The van der Waals surface area contributed by atoms with Gasteiger partial charge in [-0.05, 0) is 68.1 Å². The first-order valence-corrected chi connectivity index (χ1v) is 17.4. The molecule has 0 spiro atoms. The van der Waals surface area contributed by atoms with Gasteiger partial charge in [-0.25, -0.2) is 0 Å². The molecule has 3 aromatic rings. The fourth-order valence-electron chi connectivity index (χ4n) is 5.27. The standard InChI is InChI=1S/C33H44N4O2.C8H16.C2H4/c1-8-26-18-20-28(21-19-26)31(25(4)39-9-2)37-23-29(22-34-37)35-24(3)30(36-32(38)33(5,6)7)17-13-16-27-14-11-10-12-15-27;1-7(2)6-8(3,4)5;1-2/h10-12,14-15,18-23,30-31,35H,3-4,8-9,13,16-17H2,1-2,5-7H3,(H,36,38);1,6H2,2-5H3;1-2H2. The number of rotatable bonds is 15. The van der Waals surface area contributed by atoms with E-state index >= 15 is 0 Å². The van der Waals surface area contributed by atoms with Crippen molar-refractivity contribution < 1.29 is 9.53 Å². The normalized spacial score (nSPS) is 12.2. The number of aromatic nitrogens is 2. The number of carbonyl (C=O) groups excluding carboxylic acids is 1. The van der Waals surface area contributed by atoms with Crippen LogP contribution in [0.25, 0.3) is 0 Å². The van der Waals surface area contributed by atoms with Gasteiger partial charge in [0.15, 0.2) is 0 Å². The number of hydrogen-bond acceptors (Lipinski definition) is 4. The van der Waals surface area contributed by atoms with Crippen LogP contribution in [0.2, 0.25) is 0 Å². The van der Waals surface area contributed by atoms with Crippen molar-refractivity contribution in [1.29, 1.82) is 0 Å². The highest BCUT2D eigenvalue weighted by Gasteiger charge is 2.26. The first-order valence-electron chi connectivity index (χ1n) is 17.4. The van der Waals surface area contributed by atoms with Gasteiger partial charge in [0.25, 0.3) is 0 Å². The minimum absolute atomic E-state index is 0.00513. The van der Waals surface area contributed by atoms with Crippen molar-refractivity contribution >= 4 is 11.6 Å². The average Bonchev–Trinajstić information content (AvgIpc) is 3.48. The Labute approximate surface area is 298 Å². The molecular formula is C43H64N4O2. The monoisotopic (exact) mass is 669 g/mol. The second-order valence-corrected chi connectivity index (χ2v) is 14.6. The molecule has 1 amide bonds. The van der Waals surface area contributed by atoms with Gasteiger partial charge in [-0.2, -0.15) is 5.10 Å². The van der Waals surface area contributed by atoms with E-state index in [1.165, 1.54) is 16.7 Å². The molecule has 0 saturated heterocycles. The number of benzene rings is 2. The van der Waals surface area contributed by atoms with Crippen LogP contribution in [-0.4, -0.2) is 28.3 Å².